The van der Waals surface area contributed by atoms with Gasteiger partial charge in [0.25, 0.3) is 0 Å². The van der Waals surface area contributed by atoms with Gasteiger partial charge in [-0.3, -0.25) is 4.98 Å². The summed E-state index contributed by atoms with van der Waals surface area (Å²) >= 11 is 1.18. The van der Waals surface area contributed by atoms with Crippen LogP contribution >= 0.6 is 11.3 Å². The van der Waals surface area contributed by atoms with Crippen molar-refractivity contribution in [2.45, 2.75) is 24.2 Å². The second-order valence-electron chi connectivity index (χ2n) is 4.02. The van der Waals surface area contributed by atoms with Crippen LogP contribution in [0.4, 0.5) is 0 Å². The van der Waals surface area contributed by atoms with Crippen molar-refractivity contribution in [3.05, 3.63) is 46.6 Å². The third-order valence-corrected chi connectivity index (χ3v) is 5.65. The molecular weight excluding hydrogens is 282 g/mol. The lowest BCUT2D eigenvalue weighted by Crippen LogP contribution is -2.23. The lowest BCUT2D eigenvalue weighted by atomic mass is 10.2. The second-order valence-corrected chi connectivity index (χ2v) is 7.18. The number of rotatable bonds is 5. The second kappa shape index (κ2) is 5.79. The Bertz CT molecular complexity index is 665. The monoisotopic (exact) mass is 297 g/mol. The Hall–Kier alpha value is -1.28. The van der Waals surface area contributed by atoms with Crippen LogP contribution in [0.3, 0.4) is 0 Å². The Morgan fingerprint density at radius 2 is 2.16 bits per heavy atom. The fraction of sp³-hybridized carbons (Fsp3) is 0.250. The van der Waals surface area contributed by atoms with E-state index in [9.17, 15) is 8.42 Å². The molecule has 0 unspecified atom stereocenters. The first kappa shape index (κ1) is 14.1. The first-order valence-corrected chi connectivity index (χ1v) is 8.02. The fourth-order valence-electron chi connectivity index (χ4n) is 1.55. The number of aryl methyl sites for hydroxylation is 1. The van der Waals surface area contributed by atoms with E-state index in [2.05, 4.69) is 9.71 Å². The summed E-state index contributed by atoms with van der Waals surface area (Å²) in [7, 11) is -3.49. The highest BCUT2D eigenvalue weighted by molar-refractivity contribution is 7.91. The molecule has 0 amide bonds. The van der Waals surface area contributed by atoms with E-state index in [1.165, 1.54) is 11.3 Å². The lowest BCUT2D eigenvalue weighted by molar-refractivity contribution is 0.582. The van der Waals surface area contributed by atoms with Crippen LogP contribution in [0.15, 0.2) is 34.7 Å². The van der Waals surface area contributed by atoms with Gasteiger partial charge in [0.1, 0.15) is 4.21 Å². The average Bonchev–Trinajstić information content (AvgIpc) is 2.87. The van der Waals surface area contributed by atoms with E-state index >= 15 is 0 Å². The number of nitrogens with one attached hydrogen (secondary N) is 1. The predicted octanol–water partition coefficient (Wildman–Crippen LogP) is 1.39. The summed E-state index contributed by atoms with van der Waals surface area (Å²) in [6, 6.07) is 7.01. The number of sulfonamides is 1. The minimum Gasteiger partial charge on any atom is -0.326 e. The van der Waals surface area contributed by atoms with Crippen molar-refractivity contribution in [2.24, 2.45) is 5.73 Å². The largest absolute Gasteiger partial charge is 0.326 e. The molecule has 0 atom stereocenters. The van der Waals surface area contributed by atoms with E-state index in [-0.39, 0.29) is 10.8 Å². The molecule has 0 bridgehead atoms. The van der Waals surface area contributed by atoms with E-state index in [4.69, 9.17) is 5.73 Å². The van der Waals surface area contributed by atoms with Gasteiger partial charge in [-0.15, -0.1) is 11.3 Å². The minimum absolute atomic E-state index is 0.185. The molecule has 2 heterocycles. The Labute approximate surface area is 116 Å². The standard InChI is InChI=1S/C12H15N3O2S2/c1-9-3-2-6-14-11(9)8-15-19(16,17)12-5-4-10(7-13)18-12/h2-6,15H,7-8,13H2,1H3. The van der Waals surface area contributed by atoms with Crippen molar-refractivity contribution >= 4 is 21.4 Å². The van der Waals surface area contributed by atoms with Crippen LogP contribution < -0.4 is 10.5 Å². The highest BCUT2D eigenvalue weighted by Gasteiger charge is 2.16. The van der Waals surface area contributed by atoms with Crippen LogP contribution in [0.1, 0.15) is 16.1 Å². The van der Waals surface area contributed by atoms with Gasteiger partial charge in [0, 0.05) is 17.6 Å². The molecule has 102 valence electrons. The van der Waals surface area contributed by atoms with E-state index in [1.807, 2.05) is 19.1 Å². The van der Waals surface area contributed by atoms with E-state index in [0.29, 0.717) is 6.54 Å². The number of thiophene rings is 1. The Kier molecular flexibility index (Phi) is 4.31. The molecule has 0 saturated carbocycles. The Balaban J connectivity index is 2.12. The van der Waals surface area contributed by atoms with Crippen LogP contribution in [0.2, 0.25) is 0 Å². The lowest BCUT2D eigenvalue weighted by Gasteiger charge is -2.06. The maximum Gasteiger partial charge on any atom is 0.250 e. The van der Waals surface area contributed by atoms with Gasteiger partial charge < -0.3 is 5.73 Å². The zero-order chi connectivity index (χ0) is 13.9. The van der Waals surface area contributed by atoms with Crippen LogP contribution in [-0.2, 0) is 23.1 Å². The number of nitrogens with zero attached hydrogens (tertiary/aromatic N) is 1. The first-order chi connectivity index (χ1) is 9.03. The van der Waals surface area contributed by atoms with Crippen molar-refractivity contribution in [1.29, 1.82) is 0 Å². The van der Waals surface area contributed by atoms with Gasteiger partial charge in [0.15, 0.2) is 0 Å². The smallest absolute Gasteiger partial charge is 0.250 e. The van der Waals surface area contributed by atoms with E-state index in [0.717, 1.165) is 16.1 Å². The van der Waals surface area contributed by atoms with Crippen LogP contribution in [0, 0.1) is 6.92 Å². The van der Waals surface area contributed by atoms with Crippen LogP contribution in [0.5, 0.6) is 0 Å². The maximum absolute atomic E-state index is 12.1. The highest BCUT2D eigenvalue weighted by atomic mass is 32.2. The summed E-state index contributed by atoms with van der Waals surface area (Å²) in [6.07, 6.45) is 1.65. The number of nitrogens with two attached hydrogens (primary N) is 1. The molecule has 0 saturated heterocycles. The summed E-state index contributed by atoms with van der Waals surface area (Å²) in [5, 5.41) is 0. The molecule has 3 N–H and O–H groups in total. The maximum atomic E-state index is 12.1. The van der Waals surface area contributed by atoms with Crippen molar-refractivity contribution in [2.75, 3.05) is 0 Å². The molecule has 2 aromatic rings. The zero-order valence-electron chi connectivity index (χ0n) is 10.5. The summed E-state index contributed by atoms with van der Waals surface area (Å²) < 4.78 is 27.0. The minimum atomic E-state index is -3.49. The predicted molar refractivity (Wildman–Crippen MR) is 75.2 cm³/mol. The number of aromatic nitrogens is 1. The fourth-order valence-corrected chi connectivity index (χ4v) is 3.82. The normalized spacial score (nSPS) is 11.7. The Morgan fingerprint density at radius 1 is 1.37 bits per heavy atom. The summed E-state index contributed by atoms with van der Waals surface area (Å²) in [4.78, 5) is 4.99. The molecule has 0 aromatic carbocycles. The SMILES string of the molecule is Cc1cccnc1CNS(=O)(=O)c1ccc(CN)s1. The van der Waals surface area contributed by atoms with Crippen molar-refractivity contribution < 1.29 is 8.42 Å². The molecule has 19 heavy (non-hydrogen) atoms. The first-order valence-electron chi connectivity index (χ1n) is 5.72. The molecule has 0 fully saturated rings. The summed E-state index contributed by atoms with van der Waals surface area (Å²) in [5.41, 5.74) is 7.16. The van der Waals surface area contributed by atoms with Gasteiger partial charge in [-0.1, -0.05) is 6.07 Å². The van der Waals surface area contributed by atoms with Gasteiger partial charge in [-0.05, 0) is 30.7 Å². The summed E-state index contributed by atoms with van der Waals surface area (Å²) in [5.74, 6) is 0. The molecule has 7 heteroatoms. The highest BCUT2D eigenvalue weighted by Crippen LogP contribution is 2.21. The van der Waals surface area contributed by atoms with Crippen LogP contribution in [0.25, 0.3) is 0 Å². The summed E-state index contributed by atoms with van der Waals surface area (Å²) in [6.45, 7) is 2.43. The molecule has 5 nitrogen and oxygen atoms in total. The van der Waals surface area contributed by atoms with Crippen LogP contribution in [-0.4, -0.2) is 13.4 Å². The molecule has 2 rings (SSSR count). The van der Waals surface area contributed by atoms with E-state index in [1.54, 1.807) is 18.3 Å². The quantitative estimate of drug-likeness (QED) is 0.873. The third-order valence-electron chi connectivity index (χ3n) is 2.65. The number of pyridine rings is 1. The average molecular weight is 297 g/mol. The molecule has 0 radical (unpaired) electrons. The van der Waals surface area contributed by atoms with Gasteiger partial charge in [-0.25, -0.2) is 13.1 Å². The molecule has 2 aromatic heterocycles. The van der Waals surface area contributed by atoms with Gasteiger partial charge >= 0.3 is 0 Å². The van der Waals surface area contributed by atoms with Crippen molar-refractivity contribution in [3.8, 4) is 0 Å². The van der Waals surface area contributed by atoms with E-state index < -0.39 is 10.0 Å². The number of hydrogen-bond acceptors (Lipinski definition) is 5. The van der Waals surface area contributed by atoms with Gasteiger partial charge in [-0.2, -0.15) is 0 Å². The Morgan fingerprint density at radius 3 is 2.79 bits per heavy atom. The van der Waals surface area contributed by atoms with Crippen molar-refractivity contribution in [3.63, 3.8) is 0 Å². The third kappa shape index (κ3) is 3.38. The van der Waals surface area contributed by atoms with Gasteiger partial charge in [0.2, 0.25) is 10.0 Å². The molecule has 0 aliphatic heterocycles. The molecule has 0 aliphatic carbocycles. The topological polar surface area (TPSA) is 85.1 Å². The number of hydrogen-bond donors (Lipinski definition) is 2. The molecular formula is C12H15N3O2S2. The van der Waals surface area contributed by atoms with Gasteiger partial charge in [0.05, 0.1) is 12.2 Å². The molecule has 0 aliphatic rings. The zero-order valence-corrected chi connectivity index (χ0v) is 12.1. The van der Waals surface area contributed by atoms with Crippen molar-refractivity contribution in [1.82, 2.24) is 9.71 Å². The molecule has 0 spiro atoms.